The van der Waals surface area contributed by atoms with Crippen molar-refractivity contribution in [1.29, 1.82) is 0 Å². The van der Waals surface area contributed by atoms with E-state index in [1.807, 2.05) is 25.1 Å². The van der Waals surface area contributed by atoms with Crippen LogP contribution >= 0.6 is 0 Å². The minimum Gasteiger partial charge on any atom is -0.434 e. The molecule has 6 heteroatoms. The van der Waals surface area contributed by atoms with Gasteiger partial charge in [0.1, 0.15) is 5.75 Å². The fourth-order valence-corrected chi connectivity index (χ4v) is 2.27. The van der Waals surface area contributed by atoms with E-state index < -0.39 is 6.61 Å². The Hall–Kier alpha value is -2.63. The molecule has 0 aliphatic carbocycles. The first-order valence-corrected chi connectivity index (χ1v) is 7.61. The molecule has 0 spiro atoms. The van der Waals surface area contributed by atoms with Crippen LogP contribution in [0.25, 0.3) is 0 Å². The van der Waals surface area contributed by atoms with Crippen LogP contribution in [0.15, 0.2) is 53.5 Å². The number of alkyl halides is 2. The van der Waals surface area contributed by atoms with E-state index in [0.29, 0.717) is 24.6 Å². The second kappa shape index (κ2) is 8.86. The number of ether oxygens (including phenoxy) is 1. The summed E-state index contributed by atoms with van der Waals surface area (Å²) in [6, 6.07) is 14.8. The summed E-state index contributed by atoms with van der Waals surface area (Å²) in [5.41, 5.74) is 2.96. The van der Waals surface area contributed by atoms with E-state index in [-0.39, 0.29) is 5.75 Å². The Morgan fingerprint density at radius 3 is 2.54 bits per heavy atom. The minimum absolute atomic E-state index is 0.161. The highest BCUT2D eigenvalue weighted by atomic mass is 19.3. The molecule has 2 rings (SSSR count). The van der Waals surface area contributed by atoms with E-state index in [2.05, 4.69) is 26.4 Å². The molecule has 2 aromatic rings. The molecule has 0 aliphatic rings. The van der Waals surface area contributed by atoms with Crippen molar-refractivity contribution in [3.8, 4) is 5.75 Å². The first-order chi connectivity index (χ1) is 11.6. The molecular formula is C18H21F2N3O. The molecule has 0 radical (unpaired) electrons. The Morgan fingerprint density at radius 2 is 1.83 bits per heavy atom. The Kier molecular flexibility index (Phi) is 6.54. The second-order valence-electron chi connectivity index (χ2n) is 5.25. The molecule has 2 aromatic carbocycles. The van der Waals surface area contributed by atoms with Crippen LogP contribution < -0.4 is 15.4 Å². The van der Waals surface area contributed by atoms with Gasteiger partial charge in [0.05, 0.1) is 0 Å². The standard InChI is InChI=1S/C18H21F2N3O/c1-13-6-5-7-14(10-13)11-22-18(21-2)23-12-15-8-3-4-9-16(15)24-17(19)20/h3-10,17H,11-12H2,1-2H3,(H2,21,22,23). The van der Waals surface area contributed by atoms with Crippen molar-refractivity contribution < 1.29 is 13.5 Å². The van der Waals surface area contributed by atoms with Crippen LogP contribution in [0.2, 0.25) is 0 Å². The molecular weight excluding hydrogens is 312 g/mol. The molecule has 0 bridgehead atoms. The third kappa shape index (κ3) is 5.53. The first-order valence-electron chi connectivity index (χ1n) is 7.61. The molecule has 128 valence electrons. The summed E-state index contributed by atoms with van der Waals surface area (Å²) in [4.78, 5) is 4.14. The number of halogens is 2. The van der Waals surface area contributed by atoms with E-state index >= 15 is 0 Å². The number of nitrogens with one attached hydrogen (secondary N) is 2. The lowest BCUT2D eigenvalue weighted by Gasteiger charge is -2.14. The van der Waals surface area contributed by atoms with Gasteiger partial charge in [-0.2, -0.15) is 8.78 Å². The zero-order valence-electron chi connectivity index (χ0n) is 13.7. The maximum atomic E-state index is 12.4. The van der Waals surface area contributed by atoms with Crippen molar-refractivity contribution in [3.63, 3.8) is 0 Å². The Morgan fingerprint density at radius 1 is 1.08 bits per heavy atom. The number of benzene rings is 2. The molecule has 0 aromatic heterocycles. The van der Waals surface area contributed by atoms with Crippen LogP contribution in [0, 0.1) is 6.92 Å². The lowest BCUT2D eigenvalue weighted by Crippen LogP contribution is -2.36. The van der Waals surface area contributed by atoms with Gasteiger partial charge in [0.15, 0.2) is 5.96 Å². The zero-order valence-corrected chi connectivity index (χ0v) is 13.7. The van der Waals surface area contributed by atoms with E-state index in [1.54, 1.807) is 25.2 Å². The maximum Gasteiger partial charge on any atom is 0.387 e. The molecule has 2 N–H and O–H groups in total. The van der Waals surface area contributed by atoms with Gasteiger partial charge in [0, 0.05) is 25.7 Å². The Balaban J connectivity index is 1.92. The number of para-hydroxylation sites is 1. The van der Waals surface area contributed by atoms with Gasteiger partial charge < -0.3 is 15.4 Å². The predicted molar refractivity (Wildman–Crippen MR) is 91.3 cm³/mol. The summed E-state index contributed by atoms with van der Waals surface area (Å²) in [6.07, 6.45) is 0. The van der Waals surface area contributed by atoms with Crippen LogP contribution in [0.1, 0.15) is 16.7 Å². The molecule has 0 fully saturated rings. The summed E-state index contributed by atoms with van der Waals surface area (Å²) in [5.74, 6) is 0.748. The normalized spacial score (nSPS) is 11.5. The minimum atomic E-state index is -2.84. The van der Waals surface area contributed by atoms with Crippen LogP contribution in [-0.4, -0.2) is 19.6 Å². The van der Waals surface area contributed by atoms with Crippen LogP contribution in [-0.2, 0) is 13.1 Å². The van der Waals surface area contributed by atoms with Crippen LogP contribution in [0.4, 0.5) is 8.78 Å². The van der Waals surface area contributed by atoms with Crippen molar-refractivity contribution in [3.05, 3.63) is 65.2 Å². The predicted octanol–water partition coefficient (Wildman–Crippen LogP) is 3.46. The lowest BCUT2D eigenvalue weighted by atomic mass is 10.1. The number of hydrogen-bond donors (Lipinski definition) is 2. The highest BCUT2D eigenvalue weighted by Gasteiger charge is 2.09. The van der Waals surface area contributed by atoms with Gasteiger partial charge in [-0.3, -0.25) is 4.99 Å². The smallest absolute Gasteiger partial charge is 0.387 e. The molecule has 0 heterocycles. The van der Waals surface area contributed by atoms with Gasteiger partial charge >= 0.3 is 6.61 Å². The first kappa shape index (κ1) is 17.7. The molecule has 0 unspecified atom stereocenters. The Labute approximate surface area is 140 Å². The van der Waals surface area contributed by atoms with Gasteiger partial charge in [-0.1, -0.05) is 48.0 Å². The molecule has 0 atom stereocenters. The van der Waals surface area contributed by atoms with Crippen molar-refractivity contribution in [2.24, 2.45) is 4.99 Å². The average molecular weight is 333 g/mol. The molecule has 0 saturated heterocycles. The molecule has 0 amide bonds. The van der Waals surface area contributed by atoms with Crippen molar-refractivity contribution >= 4 is 5.96 Å². The fraction of sp³-hybridized carbons (Fsp3) is 0.278. The monoisotopic (exact) mass is 333 g/mol. The zero-order chi connectivity index (χ0) is 17.4. The average Bonchev–Trinajstić information content (AvgIpc) is 2.56. The maximum absolute atomic E-state index is 12.4. The summed E-state index contributed by atoms with van der Waals surface area (Å²) >= 11 is 0. The van der Waals surface area contributed by atoms with E-state index in [9.17, 15) is 8.78 Å². The molecule has 4 nitrogen and oxygen atoms in total. The van der Waals surface area contributed by atoms with Crippen molar-refractivity contribution in [1.82, 2.24) is 10.6 Å². The highest BCUT2D eigenvalue weighted by molar-refractivity contribution is 5.79. The number of aliphatic imine (C=N–C) groups is 1. The second-order valence-corrected chi connectivity index (χ2v) is 5.25. The third-order valence-electron chi connectivity index (χ3n) is 3.40. The van der Waals surface area contributed by atoms with E-state index in [1.165, 1.54) is 11.6 Å². The summed E-state index contributed by atoms with van der Waals surface area (Å²) in [5, 5.41) is 6.29. The van der Waals surface area contributed by atoms with Gasteiger partial charge in [-0.15, -0.1) is 0 Å². The number of rotatable bonds is 6. The fourth-order valence-electron chi connectivity index (χ4n) is 2.27. The molecule has 24 heavy (non-hydrogen) atoms. The lowest BCUT2D eigenvalue weighted by molar-refractivity contribution is -0.0504. The van der Waals surface area contributed by atoms with Gasteiger partial charge in [0.25, 0.3) is 0 Å². The molecule has 0 saturated carbocycles. The quantitative estimate of drug-likeness (QED) is 0.629. The number of hydrogen-bond acceptors (Lipinski definition) is 2. The number of nitrogens with zero attached hydrogens (tertiary/aromatic N) is 1. The summed E-state index contributed by atoms with van der Waals surface area (Å²) < 4.78 is 29.4. The van der Waals surface area contributed by atoms with E-state index in [0.717, 1.165) is 5.56 Å². The number of guanidine groups is 1. The van der Waals surface area contributed by atoms with Gasteiger partial charge in [-0.05, 0) is 18.6 Å². The largest absolute Gasteiger partial charge is 0.434 e. The van der Waals surface area contributed by atoms with E-state index in [4.69, 9.17) is 0 Å². The topological polar surface area (TPSA) is 45.7 Å². The summed E-state index contributed by atoms with van der Waals surface area (Å²) in [7, 11) is 1.66. The van der Waals surface area contributed by atoms with Gasteiger partial charge in [0.2, 0.25) is 0 Å². The molecule has 0 aliphatic heterocycles. The van der Waals surface area contributed by atoms with Crippen LogP contribution in [0.3, 0.4) is 0 Å². The summed E-state index contributed by atoms with van der Waals surface area (Å²) in [6.45, 7) is 0.147. The Bertz CT molecular complexity index is 689. The van der Waals surface area contributed by atoms with Crippen LogP contribution in [0.5, 0.6) is 5.75 Å². The number of aryl methyl sites for hydroxylation is 1. The SMILES string of the molecule is CN=C(NCc1cccc(C)c1)NCc1ccccc1OC(F)F. The van der Waals surface area contributed by atoms with Crippen molar-refractivity contribution in [2.45, 2.75) is 26.6 Å². The third-order valence-corrected chi connectivity index (χ3v) is 3.40. The van der Waals surface area contributed by atoms with Crippen molar-refractivity contribution in [2.75, 3.05) is 7.05 Å². The highest BCUT2D eigenvalue weighted by Crippen LogP contribution is 2.19. The van der Waals surface area contributed by atoms with Gasteiger partial charge in [-0.25, -0.2) is 0 Å².